The van der Waals surface area contributed by atoms with Crippen LogP contribution in [0.1, 0.15) is 18.4 Å². The number of urea groups is 1. The van der Waals surface area contributed by atoms with Crippen molar-refractivity contribution in [2.75, 3.05) is 5.32 Å². The van der Waals surface area contributed by atoms with E-state index in [0.29, 0.717) is 17.0 Å². The van der Waals surface area contributed by atoms with Gasteiger partial charge in [0.05, 0.1) is 27.3 Å². The van der Waals surface area contributed by atoms with Crippen LogP contribution in [0.3, 0.4) is 0 Å². The zero-order chi connectivity index (χ0) is 26.2. The van der Waals surface area contributed by atoms with Crippen molar-refractivity contribution in [2.45, 2.75) is 25.4 Å². The molecule has 11 heteroatoms. The Bertz CT molecular complexity index is 1630. The van der Waals surface area contributed by atoms with Crippen LogP contribution < -0.4 is 15.4 Å². The van der Waals surface area contributed by atoms with Crippen LogP contribution in [0.5, 0.6) is 23.3 Å². The molecule has 0 bridgehead atoms. The van der Waals surface area contributed by atoms with Crippen molar-refractivity contribution in [3.63, 3.8) is 0 Å². The molecule has 0 aliphatic heterocycles. The minimum absolute atomic E-state index is 0.0274. The van der Waals surface area contributed by atoms with Gasteiger partial charge in [0, 0.05) is 48.4 Å². The summed E-state index contributed by atoms with van der Waals surface area (Å²) in [6, 6.07) is 14.3. The second kappa shape index (κ2) is 9.67. The van der Waals surface area contributed by atoms with E-state index >= 15 is 0 Å². The molecule has 1 saturated carbocycles. The van der Waals surface area contributed by atoms with Crippen LogP contribution >= 0.6 is 11.3 Å². The molecule has 4 N–H and O–H groups in total. The Labute approximate surface area is 220 Å². The number of rotatable bonds is 7. The number of carbonyl (C=O) groups is 1. The van der Waals surface area contributed by atoms with Crippen LogP contribution in [-0.2, 0) is 6.54 Å². The topological polar surface area (TPSA) is 122 Å². The van der Waals surface area contributed by atoms with Gasteiger partial charge in [-0.2, -0.15) is 0 Å². The number of thiophene rings is 1. The number of halogens is 1. The SMILES string of the molecule is O=C(Nc1ccc(Oc2ccnc3cc(-c4ccc(Cn5c(O)ccc5O)cn4)sc23)c(F)c1)NC1CC1. The smallest absolute Gasteiger partial charge is 0.319 e. The Balaban J connectivity index is 1.20. The summed E-state index contributed by atoms with van der Waals surface area (Å²) in [5.74, 6) is -0.188. The van der Waals surface area contributed by atoms with Gasteiger partial charge in [-0.1, -0.05) is 6.07 Å². The van der Waals surface area contributed by atoms with Gasteiger partial charge in [0.2, 0.25) is 0 Å². The summed E-state index contributed by atoms with van der Waals surface area (Å²) >= 11 is 1.42. The molecule has 2 amide bonds. The van der Waals surface area contributed by atoms with Gasteiger partial charge in [0.25, 0.3) is 0 Å². The summed E-state index contributed by atoms with van der Waals surface area (Å²) in [6.45, 7) is 0.273. The molecule has 0 unspecified atom stereocenters. The largest absolute Gasteiger partial charge is 0.494 e. The molecular formula is C27H22FN5O4S. The molecule has 0 saturated heterocycles. The van der Waals surface area contributed by atoms with Gasteiger partial charge < -0.3 is 25.6 Å². The van der Waals surface area contributed by atoms with Gasteiger partial charge in [-0.25, -0.2) is 9.18 Å². The molecule has 9 nitrogen and oxygen atoms in total. The first-order valence-corrected chi connectivity index (χ1v) is 12.7. The Morgan fingerprint density at radius 2 is 1.87 bits per heavy atom. The molecule has 4 heterocycles. The Hall–Kier alpha value is -4.64. The fraction of sp³-hybridized carbons (Fsp3) is 0.148. The van der Waals surface area contributed by atoms with Gasteiger partial charge in [-0.3, -0.25) is 14.5 Å². The lowest BCUT2D eigenvalue weighted by Gasteiger charge is -2.10. The van der Waals surface area contributed by atoms with Crippen molar-refractivity contribution in [1.82, 2.24) is 19.9 Å². The quantitative estimate of drug-likeness (QED) is 0.210. The van der Waals surface area contributed by atoms with E-state index in [1.807, 2.05) is 18.2 Å². The third-order valence-corrected chi connectivity index (χ3v) is 7.21. The monoisotopic (exact) mass is 531 g/mol. The van der Waals surface area contributed by atoms with Crippen LogP contribution in [-0.4, -0.2) is 36.8 Å². The number of hydrogen-bond donors (Lipinski definition) is 4. The molecule has 1 fully saturated rings. The maximum atomic E-state index is 14.8. The fourth-order valence-electron chi connectivity index (χ4n) is 3.94. The highest BCUT2D eigenvalue weighted by Crippen LogP contribution is 2.39. The highest BCUT2D eigenvalue weighted by Gasteiger charge is 2.23. The van der Waals surface area contributed by atoms with Crippen LogP contribution in [0.4, 0.5) is 14.9 Å². The molecule has 0 radical (unpaired) electrons. The van der Waals surface area contributed by atoms with Crippen LogP contribution in [0.2, 0.25) is 0 Å². The van der Waals surface area contributed by atoms with E-state index in [1.54, 1.807) is 24.5 Å². The minimum atomic E-state index is -0.604. The molecular weight excluding hydrogens is 509 g/mol. The van der Waals surface area contributed by atoms with Gasteiger partial charge in [-0.15, -0.1) is 11.3 Å². The van der Waals surface area contributed by atoms with Crippen molar-refractivity contribution in [1.29, 1.82) is 0 Å². The number of hydrogen-bond acceptors (Lipinski definition) is 7. The average molecular weight is 532 g/mol. The molecule has 1 aliphatic rings. The summed E-state index contributed by atoms with van der Waals surface area (Å²) in [4.78, 5) is 21.7. The molecule has 4 aromatic heterocycles. The van der Waals surface area contributed by atoms with Gasteiger partial charge in [0.1, 0.15) is 5.75 Å². The van der Waals surface area contributed by atoms with Crippen molar-refractivity contribution in [3.8, 4) is 33.8 Å². The lowest BCUT2D eigenvalue weighted by molar-refractivity contribution is 0.251. The number of pyridine rings is 2. The van der Waals surface area contributed by atoms with Crippen LogP contribution in [0.15, 0.2) is 67.0 Å². The van der Waals surface area contributed by atoms with E-state index < -0.39 is 5.82 Å². The van der Waals surface area contributed by atoms with Gasteiger partial charge >= 0.3 is 6.03 Å². The number of nitrogens with one attached hydrogen (secondary N) is 2. The number of ether oxygens (including phenoxy) is 1. The Morgan fingerprint density at radius 3 is 2.58 bits per heavy atom. The molecule has 0 atom stereocenters. The first-order valence-electron chi connectivity index (χ1n) is 11.9. The lowest BCUT2D eigenvalue weighted by Crippen LogP contribution is -2.30. The molecule has 6 rings (SSSR count). The summed E-state index contributed by atoms with van der Waals surface area (Å²) in [7, 11) is 0. The summed E-state index contributed by atoms with van der Waals surface area (Å²) < 4.78 is 22.8. The fourth-order valence-corrected chi connectivity index (χ4v) is 4.98. The second-order valence-corrected chi connectivity index (χ2v) is 9.99. The number of nitrogens with zero attached hydrogens (tertiary/aromatic N) is 3. The van der Waals surface area contributed by atoms with Crippen LogP contribution in [0.25, 0.3) is 20.8 Å². The maximum absolute atomic E-state index is 14.8. The number of carbonyl (C=O) groups excluding carboxylic acids is 1. The molecule has 0 spiro atoms. The van der Waals surface area contributed by atoms with E-state index in [0.717, 1.165) is 33.7 Å². The second-order valence-electron chi connectivity index (χ2n) is 8.94. The zero-order valence-corrected chi connectivity index (χ0v) is 20.7. The van der Waals surface area contributed by atoms with E-state index in [2.05, 4.69) is 20.6 Å². The highest BCUT2D eigenvalue weighted by molar-refractivity contribution is 7.22. The zero-order valence-electron chi connectivity index (χ0n) is 19.9. The van der Waals surface area contributed by atoms with Crippen molar-refractivity contribution >= 4 is 33.3 Å². The lowest BCUT2D eigenvalue weighted by atomic mass is 10.2. The first-order chi connectivity index (χ1) is 18.4. The third-order valence-electron chi connectivity index (χ3n) is 6.05. The maximum Gasteiger partial charge on any atom is 0.319 e. The van der Waals surface area contributed by atoms with Gasteiger partial charge in [0.15, 0.2) is 23.3 Å². The predicted octanol–water partition coefficient (Wildman–Crippen LogP) is 5.83. The van der Waals surface area contributed by atoms with Crippen molar-refractivity contribution < 1.29 is 24.1 Å². The average Bonchev–Trinajstić information content (AvgIpc) is 3.51. The predicted molar refractivity (Wildman–Crippen MR) is 141 cm³/mol. The Morgan fingerprint density at radius 1 is 1.05 bits per heavy atom. The van der Waals surface area contributed by atoms with E-state index in [1.165, 1.54) is 40.2 Å². The molecule has 1 aromatic carbocycles. The minimum Gasteiger partial charge on any atom is -0.494 e. The van der Waals surface area contributed by atoms with Gasteiger partial charge in [-0.05, 0) is 42.7 Å². The number of fused-ring (bicyclic) bond motifs is 1. The summed E-state index contributed by atoms with van der Waals surface area (Å²) in [5.41, 5.74) is 2.54. The molecule has 38 heavy (non-hydrogen) atoms. The number of anilines is 1. The third kappa shape index (κ3) is 4.96. The molecule has 192 valence electrons. The summed E-state index contributed by atoms with van der Waals surface area (Å²) in [6.07, 6.45) is 5.20. The van der Waals surface area contributed by atoms with Crippen molar-refractivity contribution in [3.05, 3.63) is 78.4 Å². The number of aromatic hydroxyl groups is 2. The van der Waals surface area contributed by atoms with Crippen LogP contribution in [0, 0.1) is 5.82 Å². The van der Waals surface area contributed by atoms with Crippen molar-refractivity contribution in [2.24, 2.45) is 0 Å². The molecule has 1 aliphatic carbocycles. The molecule has 5 aromatic rings. The number of amides is 2. The number of benzene rings is 1. The number of aromatic nitrogens is 3. The van der Waals surface area contributed by atoms with E-state index in [9.17, 15) is 19.4 Å². The summed E-state index contributed by atoms with van der Waals surface area (Å²) in [5, 5.41) is 25.1. The Kier molecular flexibility index (Phi) is 6.04. The van der Waals surface area contributed by atoms with E-state index in [4.69, 9.17) is 4.74 Å². The normalized spacial score (nSPS) is 13.0. The van der Waals surface area contributed by atoms with E-state index in [-0.39, 0.29) is 36.1 Å². The first kappa shape index (κ1) is 23.7. The standard InChI is InChI=1S/C27H22FN5O4S/c28-18-11-17(32-27(36)31-16-2-3-16)4-6-21(18)37-22-9-10-29-20-12-23(38-26(20)22)19-5-1-15(13-30-19)14-33-24(34)7-8-25(33)35/h1,4-13,16,34-35H,2-3,14H2,(H2,31,32,36). The highest BCUT2D eigenvalue weighted by atomic mass is 32.1.